The van der Waals surface area contributed by atoms with Crippen LogP contribution in [-0.4, -0.2) is 11.6 Å². The van der Waals surface area contributed by atoms with Crippen molar-refractivity contribution in [1.29, 1.82) is 0 Å². The zero-order valence-electron chi connectivity index (χ0n) is 14.6. The molecular weight excluding hydrogens is 284 g/mol. The van der Waals surface area contributed by atoms with Crippen LogP contribution in [0.25, 0.3) is 0 Å². The van der Waals surface area contributed by atoms with Crippen LogP contribution < -0.4 is 5.43 Å². The number of aryl methyl sites for hydroxylation is 1. The van der Waals surface area contributed by atoms with E-state index in [0.29, 0.717) is 6.42 Å². The molecule has 3 heteroatoms. The topological polar surface area (TPSA) is 41.5 Å². The number of rotatable bonds is 11. The SMILES string of the molecule is C=CCCCCCCCCC(=O)N/N=C(\C)c1ccc(C)cc1. The number of hydrogen-bond acceptors (Lipinski definition) is 2. The van der Waals surface area contributed by atoms with Gasteiger partial charge in [0.2, 0.25) is 5.91 Å². The van der Waals surface area contributed by atoms with Gasteiger partial charge in [0.15, 0.2) is 0 Å². The van der Waals surface area contributed by atoms with Crippen molar-refractivity contribution in [3.05, 3.63) is 48.0 Å². The molecule has 0 aromatic heterocycles. The first-order valence-corrected chi connectivity index (χ1v) is 8.64. The van der Waals surface area contributed by atoms with E-state index in [1.54, 1.807) is 0 Å². The minimum atomic E-state index is 0.00289. The van der Waals surface area contributed by atoms with Gasteiger partial charge in [0.1, 0.15) is 0 Å². The number of amides is 1. The van der Waals surface area contributed by atoms with Gasteiger partial charge in [0.25, 0.3) is 0 Å². The molecule has 0 unspecified atom stereocenters. The van der Waals surface area contributed by atoms with Crippen molar-refractivity contribution in [2.45, 2.75) is 65.2 Å². The Bertz CT molecular complexity index is 503. The Morgan fingerprint density at radius 2 is 1.70 bits per heavy atom. The average molecular weight is 314 g/mol. The maximum Gasteiger partial charge on any atom is 0.240 e. The predicted molar refractivity (Wildman–Crippen MR) is 98.7 cm³/mol. The van der Waals surface area contributed by atoms with E-state index in [-0.39, 0.29) is 5.91 Å². The number of unbranched alkanes of at least 4 members (excludes halogenated alkanes) is 6. The summed E-state index contributed by atoms with van der Waals surface area (Å²) in [6, 6.07) is 8.13. The lowest BCUT2D eigenvalue weighted by molar-refractivity contribution is -0.121. The number of carbonyl (C=O) groups excluding carboxylic acids is 1. The van der Waals surface area contributed by atoms with E-state index in [9.17, 15) is 4.79 Å². The average Bonchev–Trinajstić information content (AvgIpc) is 2.55. The van der Waals surface area contributed by atoms with Gasteiger partial charge in [-0.25, -0.2) is 5.43 Å². The highest BCUT2D eigenvalue weighted by Gasteiger charge is 2.01. The van der Waals surface area contributed by atoms with Crippen molar-refractivity contribution in [3.63, 3.8) is 0 Å². The Morgan fingerprint density at radius 1 is 1.09 bits per heavy atom. The van der Waals surface area contributed by atoms with Crippen LogP contribution in [0.2, 0.25) is 0 Å². The lowest BCUT2D eigenvalue weighted by atomic mass is 10.1. The normalized spacial score (nSPS) is 11.3. The first-order valence-electron chi connectivity index (χ1n) is 8.64. The molecule has 0 heterocycles. The molecule has 0 fully saturated rings. The summed E-state index contributed by atoms with van der Waals surface area (Å²) in [4.78, 5) is 11.8. The van der Waals surface area contributed by atoms with Crippen molar-refractivity contribution in [2.24, 2.45) is 5.10 Å². The molecule has 0 aliphatic carbocycles. The zero-order valence-corrected chi connectivity index (χ0v) is 14.6. The maximum absolute atomic E-state index is 11.8. The number of hydrogen-bond donors (Lipinski definition) is 1. The van der Waals surface area contributed by atoms with Crippen molar-refractivity contribution >= 4 is 11.6 Å². The number of carbonyl (C=O) groups is 1. The van der Waals surface area contributed by atoms with Gasteiger partial charge in [0.05, 0.1) is 5.71 Å². The third-order valence-electron chi connectivity index (χ3n) is 3.88. The molecule has 0 saturated carbocycles. The van der Waals surface area contributed by atoms with Gasteiger partial charge >= 0.3 is 0 Å². The van der Waals surface area contributed by atoms with Crippen molar-refractivity contribution in [3.8, 4) is 0 Å². The molecule has 3 nitrogen and oxygen atoms in total. The Labute approximate surface area is 140 Å². The molecule has 0 aliphatic rings. The largest absolute Gasteiger partial charge is 0.273 e. The third kappa shape index (κ3) is 8.97. The van der Waals surface area contributed by atoms with Crippen molar-refractivity contribution < 1.29 is 4.79 Å². The lowest BCUT2D eigenvalue weighted by Gasteiger charge is -2.04. The summed E-state index contributed by atoms with van der Waals surface area (Å²) in [5.74, 6) is 0.00289. The number of hydrazone groups is 1. The summed E-state index contributed by atoms with van der Waals surface area (Å²) in [5.41, 5.74) is 5.74. The molecule has 0 bridgehead atoms. The molecule has 1 aromatic rings. The maximum atomic E-state index is 11.8. The molecule has 0 spiro atoms. The molecule has 1 N–H and O–H groups in total. The summed E-state index contributed by atoms with van der Waals surface area (Å²) in [6.45, 7) is 7.69. The minimum Gasteiger partial charge on any atom is -0.273 e. The van der Waals surface area contributed by atoms with Crippen LogP contribution in [0, 0.1) is 6.92 Å². The van der Waals surface area contributed by atoms with E-state index in [0.717, 1.165) is 30.5 Å². The third-order valence-corrected chi connectivity index (χ3v) is 3.88. The molecule has 0 aliphatic heterocycles. The molecular formula is C20H30N2O. The lowest BCUT2D eigenvalue weighted by Crippen LogP contribution is -2.18. The number of nitrogens with one attached hydrogen (secondary N) is 1. The Kier molecular flexibility index (Phi) is 9.69. The van der Waals surface area contributed by atoms with Gasteiger partial charge in [0, 0.05) is 6.42 Å². The van der Waals surface area contributed by atoms with E-state index in [1.165, 1.54) is 31.2 Å². The molecule has 126 valence electrons. The second-order valence-corrected chi connectivity index (χ2v) is 6.05. The monoisotopic (exact) mass is 314 g/mol. The standard InChI is InChI=1S/C20H30N2O/c1-4-5-6-7-8-9-10-11-12-20(23)22-21-18(3)19-15-13-17(2)14-16-19/h4,13-16H,1,5-12H2,2-3H3,(H,22,23)/b21-18+. The van der Waals surface area contributed by atoms with Gasteiger partial charge < -0.3 is 0 Å². The zero-order chi connectivity index (χ0) is 16.9. The van der Waals surface area contributed by atoms with E-state index in [4.69, 9.17) is 0 Å². The number of nitrogens with zero attached hydrogens (tertiary/aromatic N) is 1. The quantitative estimate of drug-likeness (QED) is 0.261. The first-order chi connectivity index (χ1) is 11.1. The van der Waals surface area contributed by atoms with Crippen LogP contribution in [0.5, 0.6) is 0 Å². The van der Waals surface area contributed by atoms with Crippen LogP contribution in [0.4, 0.5) is 0 Å². The van der Waals surface area contributed by atoms with Gasteiger partial charge in [-0.15, -0.1) is 6.58 Å². The summed E-state index contributed by atoms with van der Waals surface area (Å²) in [7, 11) is 0. The van der Waals surface area contributed by atoms with Crippen LogP contribution in [-0.2, 0) is 4.79 Å². The Hall–Kier alpha value is -1.90. The van der Waals surface area contributed by atoms with Crippen LogP contribution >= 0.6 is 0 Å². The summed E-state index contributed by atoms with van der Waals surface area (Å²) >= 11 is 0. The fraction of sp³-hybridized carbons (Fsp3) is 0.500. The highest BCUT2D eigenvalue weighted by atomic mass is 16.2. The Balaban J connectivity index is 2.15. The highest BCUT2D eigenvalue weighted by Crippen LogP contribution is 2.09. The summed E-state index contributed by atoms with van der Waals surface area (Å²) in [6.07, 6.45) is 10.6. The van der Waals surface area contributed by atoms with Crippen LogP contribution in [0.3, 0.4) is 0 Å². The summed E-state index contributed by atoms with van der Waals surface area (Å²) < 4.78 is 0. The second-order valence-electron chi connectivity index (χ2n) is 6.05. The molecule has 23 heavy (non-hydrogen) atoms. The van der Waals surface area contributed by atoms with Gasteiger partial charge in [-0.2, -0.15) is 5.10 Å². The number of benzene rings is 1. The fourth-order valence-corrected chi connectivity index (χ4v) is 2.34. The number of allylic oxidation sites excluding steroid dienone is 1. The van der Waals surface area contributed by atoms with Crippen LogP contribution in [0.1, 0.15) is 69.4 Å². The minimum absolute atomic E-state index is 0.00289. The molecule has 0 atom stereocenters. The molecule has 1 amide bonds. The fourth-order valence-electron chi connectivity index (χ4n) is 2.34. The molecule has 1 rings (SSSR count). The van der Waals surface area contributed by atoms with Gasteiger partial charge in [-0.05, 0) is 38.7 Å². The predicted octanol–water partition coefficient (Wildman–Crippen LogP) is 5.14. The highest BCUT2D eigenvalue weighted by molar-refractivity contribution is 5.99. The molecule has 1 aromatic carbocycles. The van der Waals surface area contributed by atoms with E-state index < -0.39 is 0 Å². The van der Waals surface area contributed by atoms with E-state index in [2.05, 4.69) is 24.0 Å². The first kappa shape index (κ1) is 19.1. The Morgan fingerprint density at radius 3 is 2.35 bits per heavy atom. The van der Waals surface area contributed by atoms with Gasteiger partial charge in [-0.3, -0.25) is 4.79 Å². The smallest absolute Gasteiger partial charge is 0.240 e. The van der Waals surface area contributed by atoms with E-state index >= 15 is 0 Å². The van der Waals surface area contributed by atoms with Crippen LogP contribution in [0.15, 0.2) is 42.0 Å². The molecule has 0 saturated heterocycles. The molecule has 0 radical (unpaired) electrons. The van der Waals surface area contributed by atoms with Crippen molar-refractivity contribution in [2.75, 3.05) is 0 Å². The van der Waals surface area contributed by atoms with Gasteiger partial charge in [-0.1, -0.05) is 61.6 Å². The van der Waals surface area contributed by atoms with Crippen molar-refractivity contribution in [1.82, 2.24) is 5.43 Å². The van der Waals surface area contributed by atoms with E-state index in [1.807, 2.05) is 37.3 Å². The summed E-state index contributed by atoms with van der Waals surface area (Å²) in [5, 5.41) is 4.18. The second kappa shape index (κ2) is 11.6.